The summed E-state index contributed by atoms with van der Waals surface area (Å²) in [7, 11) is 0. The third kappa shape index (κ3) is 6.61. The van der Waals surface area contributed by atoms with Crippen molar-refractivity contribution in [3.05, 3.63) is 93.8 Å². The Kier molecular flexibility index (Phi) is 8.39. The summed E-state index contributed by atoms with van der Waals surface area (Å²) < 4.78 is 12.9. The lowest BCUT2D eigenvalue weighted by molar-refractivity contribution is 0.0225. The first-order chi connectivity index (χ1) is 21.1. The molecule has 0 radical (unpaired) electrons. The van der Waals surface area contributed by atoms with Crippen molar-refractivity contribution in [2.75, 3.05) is 6.54 Å². The Balaban J connectivity index is 1.25. The minimum atomic E-state index is -0.594. The summed E-state index contributed by atoms with van der Waals surface area (Å²) in [5.41, 5.74) is 6.46. The number of benzene rings is 2. The lowest BCUT2D eigenvalue weighted by Crippen LogP contribution is -2.38. The number of hydrogen-bond donors (Lipinski definition) is 0. The smallest absolute Gasteiger partial charge is 0.410 e. The first-order valence-electron chi connectivity index (χ1n) is 14.8. The van der Waals surface area contributed by atoms with E-state index in [2.05, 4.69) is 92.4 Å². The Labute approximate surface area is 270 Å². The number of ether oxygens (including phenoxy) is 1. The number of nitrogens with zero attached hydrogens (tertiary/aromatic N) is 6. The molecule has 4 aromatic heterocycles. The van der Waals surface area contributed by atoms with E-state index < -0.39 is 5.60 Å². The molecule has 0 N–H and O–H groups in total. The lowest BCUT2D eigenvalue weighted by atomic mass is 10.1. The fraction of sp³-hybridized carbons (Fsp3) is 0.324. The molecule has 6 aromatic rings. The Bertz CT molecular complexity index is 1940. The van der Waals surface area contributed by atoms with Gasteiger partial charge in [-0.2, -0.15) is 10.2 Å². The van der Waals surface area contributed by atoms with Gasteiger partial charge in [0, 0.05) is 64.3 Å². The summed E-state index contributed by atoms with van der Waals surface area (Å²) in [6, 6.07) is 15.5. The van der Waals surface area contributed by atoms with E-state index in [-0.39, 0.29) is 6.09 Å². The topological polar surface area (TPSA) is 70.1 Å². The molecule has 0 saturated carbocycles. The van der Waals surface area contributed by atoms with Crippen molar-refractivity contribution in [1.29, 1.82) is 0 Å². The quantitative estimate of drug-likeness (QED) is 0.154. The van der Waals surface area contributed by atoms with Gasteiger partial charge in [-0.3, -0.25) is 9.36 Å². The van der Waals surface area contributed by atoms with E-state index in [1.165, 1.54) is 37.8 Å². The molecule has 0 unspecified atom stereocenters. The Morgan fingerprint density at radius 1 is 0.977 bits per heavy atom. The summed E-state index contributed by atoms with van der Waals surface area (Å²) in [4.78, 5) is 16.4. The van der Waals surface area contributed by atoms with E-state index >= 15 is 0 Å². The normalized spacial score (nSPS) is 12.0. The monoisotopic (exact) mass is 672 g/mol. The number of fused-ring (bicyclic) bond motifs is 3. The van der Waals surface area contributed by atoms with Gasteiger partial charge in [0.25, 0.3) is 0 Å². The van der Waals surface area contributed by atoms with Crippen LogP contribution in [-0.4, -0.2) is 47.3 Å². The molecule has 1 amide bonds. The summed E-state index contributed by atoms with van der Waals surface area (Å²) in [6.07, 6.45) is 7.21. The predicted molar refractivity (Wildman–Crippen MR) is 181 cm³/mol. The first-order valence-corrected chi connectivity index (χ1v) is 16.5. The third-order valence-electron chi connectivity index (χ3n) is 7.52. The molecule has 10 heteroatoms. The van der Waals surface area contributed by atoms with E-state index in [4.69, 9.17) is 4.74 Å². The standard InChI is InChI=1S/C34H37BrN6O2S/c1-6-41-30-10-7-24(14-29(30)28-9-8-26(15-31(28)41)32-13-23(2)22-44-32)18-38(33(42)43-34(3,4)5)11-12-39-19-25(16-36-39)20-40-21-27(35)17-37-40/h7-10,13-17,19,21-22H,6,11-12,18,20H2,1-5H3. The number of aromatic nitrogens is 5. The second-order valence-electron chi connectivity index (χ2n) is 12.2. The largest absolute Gasteiger partial charge is 0.444 e. The van der Waals surface area contributed by atoms with E-state index in [1.807, 2.05) is 48.7 Å². The van der Waals surface area contributed by atoms with Crippen LogP contribution in [0.4, 0.5) is 4.79 Å². The molecule has 0 atom stereocenters. The molecule has 2 aromatic carbocycles. The van der Waals surface area contributed by atoms with Crippen molar-refractivity contribution in [2.24, 2.45) is 0 Å². The number of halogens is 1. The van der Waals surface area contributed by atoms with E-state index in [1.54, 1.807) is 22.4 Å². The average molecular weight is 674 g/mol. The fourth-order valence-electron chi connectivity index (χ4n) is 5.55. The van der Waals surface area contributed by atoms with Gasteiger partial charge in [-0.25, -0.2) is 4.79 Å². The molecule has 0 aliphatic rings. The van der Waals surface area contributed by atoms with Crippen LogP contribution in [-0.2, 0) is 30.9 Å². The highest BCUT2D eigenvalue weighted by atomic mass is 79.9. The molecular weight excluding hydrogens is 636 g/mol. The van der Waals surface area contributed by atoms with Crippen LogP contribution in [0.2, 0.25) is 0 Å². The van der Waals surface area contributed by atoms with Crippen molar-refractivity contribution in [3.8, 4) is 10.4 Å². The number of hydrogen-bond acceptors (Lipinski definition) is 5. The maximum absolute atomic E-state index is 13.4. The Morgan fingerprint density at radius 2 is 1.80 bits per heavy atom. The van der Waals surface area contributed by atoms with Crippen LogP contribution in [0.15, 0.2) is 77.1 Å². The van der Waals surface area contributed by atoms with Gasteiger partial charge < -0.3 is 14.2 Å². The average Bonchev–Trinajstić information content (AvgIpc) is 3.76. The Hall–Kier alpha value is -3.89. The number of amides is 1. The van der Waals surface area contributed by atoms with Crippen LogP contribution < -0.4 is 0 Å². The summed E-state index contributed by atoms with van der Waals surface area (Å²) in [5, 5.41) is 13.5. The highest BCUT2D eigenvalue weighted by molar-refractivity contribution is 9.10. The van der Waals surface area contributed by atoms with Crippen LogP contribution in [0, 0.1) is 6.92 Å². The lowest BCUT2D eigenvalue weighted by Gasteiger charge is -2.27. The Morgan fingerprint density at radius 3 is 2.50 bits per heavy atom. The number of carbonyl (C=O) groups is 1. The molecule has 4 heterocycles. The third-order valence-corrected chi connectivity index (χ3v) is 9.03. The van der Waals surface area contributed by atoms with Crippen molar-refractivity contribution < 1.29 is 9.53 Å². The molecule has 228 valence electrons. The molecule has 0 fully saturated rings. The van der Waals surface area contributed by atoms with Crippen molar-refractivity contribution in [2.45, 2.75) is 66.4 Å². The maximum atomic E-state index is 13.4. The van der Waals surface area contributed by atoms with Gasteiger partial charge in [0.2, 0.25) is 0 Å². The minimum absolute atomic E-state index is 0.335. The minimum Gasteiger partial charge on any atom is -0.444 e. The zero-order chi connectivity index (χ0) is 31.0. The van der Waals surface area contributed by atoms with Gasteiger partial charge in [-0.15, -0.1) is 11.3 Å². The summed E-state index contributed by atoms with van der Waals surface area (Å²) in [6.45, 7) is 13.0. The van der Waals surface area contributed by atoms with Gasteiger partial charge in [0.05, 0.1) is 30.0 Å². The van der Waals surface area contributed by atoms with Crippen LogP contribution >= 0.6 is 27.3 Å². The van der Waals surface area contributed by atoms with Crippen LogP contribution in [0.25, 0.3) is 32.2 Å². The molecular formula is C34H37BrN6O2S. The van der Waals surface area contributed by atoms with Crippen molar-refractivity contribution in [3.63, 3.8) is 0 Å². The van der Waals surface area contributed by atoms with Crippen LogP contribution in [0.5, 0.6) is 0 Å². The molecule has 44 heavy (non-hydrogen) atoms. The van der Waals surface area contributed by atoms with Crippen molar-refractivity contribution >= 4 is 55.2 Å². The highest BCUT2D eigenvalue weighted by Gasteiger charge is 2.23. The van der Waals surface area contributed by atoms with Crippen LogP contribution in [0.1, 0.15) is 44.4 Å². The number of aryl methyl sites for hydroxylation is 2. The van der Waals surface area contributed by atoms with Gasteiger partial charge in [-0.1, -0.05) is 18.2 Å². The second kappa shape index (κ2) is 12.2. The zero-order valence-corrected chi connectivity index (χ0v) is 28.2. The molecule has 0 saturated heterocycles. The number of thiophene rings is 1. The molecule has 0 aliphatic carbocycles. The van der Waals surface area contributed by atoms with Gasteiger partial charge in [0.1, 0.15) is 5.60 Å². The van der Waals surface area contributed by atoms with E-state index in [9.17, 15) is 4.79 Å². The summed E-state index contributed by atoms with van der Waals surface area (Å²) >= 11 is 5.22. The van der Waals surface area contributed by atoms with Gasteiger partial charge >= 0.3 is 6.09 Å². The summed E-state index contributed by atoms with van der Waals surface area (Å²) in [5.74, 6) is 0. The predicted octanol–water partition coefficient (Wildman–Crippen LogP) is 8.49. The molecule has 0 bridgehead atoms. The number of rotatable bonds is 9. The first kappa shape index (κ1) is 30.1. The number of carbonyl (C=O) groups excluding carboxylic acids is 1. The van der Waals surface area contributed by atoms with Crippen molar-refractivity contribution in [1.82, 2.24) is 29.0 Å². The van der Waals surface area contributed by atoms with Gasteiger partial charge in [0.15, 0.2) is 0 Å². The second-order valence-corrected chi connectivity index (χ2v) is 14.0. The van der Waals surface area contributed by atoms with Crippen LogP contribution in [0.3, 0.4) is 0 Å². The maximum Gasteiger partial charge on any atom is 0.410 e. The van der Waals surface area contributed by atoms with Gasteiger partial charge in [-0.05, 0) is 96.9 Å². The highest BCUT2D eigenvalue weighted by Crippen LogP contribution is 2.35. The van der Waals surface area contributed by atoms with E-state index in [0.29, 0.717) is 26.2 Å². The zero-order valence-electron chi connectivity index (χ0n) is 25.7. The molecule has 6 rings (SSSR count). The fourth-order valence-corrected chi connectivity index (χ4v) is 6.77. The van der Waals surface area contributed by atoms with E-state index in [0.717, 1.165) is 22.1 Å². The molecule has 0 aliphatic heterocycles. The molecule has 0 spiro atoms. The molecule has 8 nitrogen and oxygen atoms in total. The SMILES string of the molecule is CCn1c2ccc(CN(CCn3cc(Cn4cc(Br)cn4)cn3)C(=O)OC(C)(C)C)cc2c2ccc(-c3cc(C)cs3)cc21.